The summed E-state index contributed by atoms with van der Waals surface area (Å²) in [6.07, 6.45) is 1.20. The van der Waals surface area contributed by atoms with Gasteiger partial charge in [0.05, 0.1) is 12.3 Å². The number of hydrogen-bond acceptors (Lipinski definition) is 4. The average molecular weight is 327 g/mol. The predicted octanol–water partition coefficient (Wildman–Crippen LogP) is 0.653. The number of hydrogen-bond donors (Lipinski definition) is 2. The monoisotopic (exact) mass is 327 g/mol. The Morgan fingerprint density at radius 2 is 2.00 bits per heavy atom. The van der Waals surface area contributed by atoms with Crippen LogP contribution < -0.4 is 10.0 Å². The molecule has 1 atom stereocenters. The third kappa shape index (κ3) is 7.02. The predicted molar refractivity (Wildman–Crippen MR) is 88.1 cm³/mol. The Morgan fingerprint density at radius 3 is 2.55 bits per heavy atom. The highest BCUT2D eigenvalue weighted by atomic mass is 32.2. The van der Waals surface area contributed by atoms with Crippen LogP contribution in [-0.2, 0) is 14.8 Å². The largest absolute Gasteiger partial charge is 0.354 e. The van der Waals surface area contributed by atoms with E-state index in [9.17, 15) is 13.2 Å². The van der Waals surface area contributed by atoms with Gasteiger partial charge in [-0.25, -0.2) is 13.1 Å². The molecule has 6 nitrogen and oxygen atoms in total. The second kappa shape index (κ2) is 8.26. The van der Waals surface area contributed by atoms with Crippen LogP contribution in [0.5, 0.6) is 0 Å². The van der Waals surface area contributed by atoms with Crippen molar-refractivity contribution in [3.8, 4) is 0 Å². The first kappa shape index (κ1) is 18.6. The van der Waals surface area contributed by atoms with Crippen LogP contribution in [0.1, 0.15) is 23.6 Å². The normalized spacial score (nSPS) is 13.1. The summed E-state index contributed by atoms with van der Waals surface area (Å²) in [4.78, 5) is 13.8. The molecule has 0 spiro atoms. The molecule has 0 radical (unpaired) electrons. The summed E-state index contributed by atoms with van der Waals surface area (Å²) < 4.78 is 24.2. The van der Waals surface area contributed by atoms with E-state index in [4.69, 9.17) is 0 Å². The van der Waals surface area contributed by atoms with Crippen LogP contribution in [0.4, 0.5) is 0 Å². The van der Waals surface area contributed by atoms with Crippen LogP contribution in [0.3, 0.4) is 0 Å². The van der Waals surface area contributed by atoms with Crippen LogP contribution in [0.25, 0.3) is 0 Å². The molecule has 0 heterocycles. The molecule has 0 aliphatic carbocycles. The zero-order chi connectivity index (χ0) is 16.8. The Labute approximate surface area is 132 Å². The van der Waals surface area contributed by atoms with Gasteiger partial charge in [-0.2, -0.15) is 0 Å². The fourth-order valence-corrected chi connectivity index (χ4v) is 2.60. The lowest BCUT2D eigenvalue weighted by Gasteiger charge is -2.25. The third-order valence-corrected chi connectivity index (χ3v) is 3.99. The Morgan fingerprint density at radius 1 is 1.32 bits per heavy atom. The van der Waals surface area contributed by atoms with Gasteiger partial charge in [0.15, 0.2) is 0 Å². The SMILES string of the molecule is Cc1cccc([C@H](CNC(=O)CCNS(C)(=O)=O)N(C)C)c1. The van der Waals surface area contributed by atoms with E-state index in [-0.39, 0.29) is 24.9 Å². The van der Waals surface area contributed by atoms with Crippen LogP contribution in [0, 0.1) is 6.92 Å². The fourth-order valence-electron chi connectivity index (χ4n) is 2.12. The van der Waals surface area contributed by atoms with Crippen LogP contribution in [-0.4, -0.2) is 52.7 Å². The first-order chi connectivity index (χ1) is 10.2. The van der Waals surface area contributed by atoms with Gasteiger partial charge in [-0.3, -0.25) is 4.79 Å². The summed E-state index contributed by atoms with van der Waals surface area (Å²) >= 11 is 0. The minimum atomic E-state index is -3.25. The number of aryl methyl sites for hydroxylation is 1. The van der Waals surface area contributed by atoms with E-state index in [0.717, 1.165) is 11.8 Å². The Balaban J connectivity index is 2.53. The molecule has 1 amide bonds. The summed E-state index contributed by atoms with van der Waals surface area (Å²) in [5, 5.41) is 2.85. The minimum Gasteiger partial charge on any atom is -0.354 e. The van der Waals surface area contributed by atoms with Crippen molar-refractivity contribution in [3.05, 3.63) is 35.4 Å². The molecule has 0 aliphatic rings. The summed E-state index contributed by atoms with van der Waals surface area (Å²) in [6.45, 7) is 2.63. The maximum absolute atomic E-state index is 11.8. The molecule has 0 fully saturated rings. The van der Waals surface area contributed by atoms with Gasteiger partial charge in [0, 0.05) is 19.5 Å². The van der Waals surface area contributed by atoms with Gasteiger partial charge in [-0.05, 0) is 26.6 Å². The number of likely N-dealkylation sites (N-methyl/N-ethyl adjacent to an activating group) is 1. The van der Waals surface area contributed by atoms with Gasteiger partial charge in [-0.1, -0.05) is 29.8 Å². The second-order valence-corrected chi connectivity index (χ2v) is 7.45. The van der Waals surface area contributed by atoms with Gasteiger partial charge >= 0.3 is 0 Å². The maximum Gasteiger partial charge on any atom is 0.221 e. The average Bonchev–Trinajstić information content (AvgIpc) is 2.37. The molecule has 0 saturated carbocycles. The van der Waals surface area contributed by atoms with Crippen molar-refractivity contribution in [2.75, 3.05) is 33.4 Å². The van der Waals surface area contributed by atoms with E-state index < -0.39 is 10.0 Å². The molecule has 22 heavy (non-hydrogen) atoms. The van der Waals surface area contributed by atoms with Crippen molar-refractivity contribution in [1.29, 1.82) is 0 Å². The zero-order valence-electron chi connectivity index (χ0n) is 13.6. The van der Waals surface area contributed by atoms with E-state index in [1.807, 2.05) is 44.1 Å². The number of nitrogens with zero attached hydrogens (tertiary/aromatic N) is 1. The van der Waals surface area contributed by atoms with Gasteiger partial charge in [0.1, 0.15) is 0 Å². The first-order valence-corrected chi connectivity index (χ1v) is 9.02. The Bertz CT molecular complexity index is 600. The summed E-state index contributed by atoms with van der Waals surface area (Å²) in [5.74, 6) is -0.171. The number of rotatable bonds is 8. The summed E-state index contributed by atoms with van der Waals surface area (Å²) in [7, 11) is 0.675. The first-order valence-electron chi connectivity index (χ1n) is 7.13. The van der Waals surface area contributed by atoms with Gasteiger partial charge in [0.2, 0.25) is 15.9 Å². The molecule has 1 rings (SSSR count). The van der Waals surface area contributed by atoms with Crippen molar-refractivity contribution >= 4 is 15.9 Å². The lowest BCUT2D eigenvalue weighted by Crippen LogP contribution is -2.36. The highest BCUT2D eigenvalue weighted by molar-refractivity contribution is 7.88. The standard InChI is InChI=1S/C15H25N3O3S/c1-12-6-5-7-13(10-12)14(18(2)3)11-16-15(19)8-9-17-22(4,20)21/h5-7,10,14,17H,8-9,11H2,1-4H3,(H,16,19)/t14-/m0/s1. The molecule has 0 bridgehead atoms. The summed E-state index contributed by atoms with van der Waals surface area (Å²) in [6, 6.07) is 8.24. The third-order valence-electron chi connectivity index (χ3n) is 3.26. The second-order valence-electron chi connectivity index (χ2n) is 5.61. The van der Waals surface area contributed by atoms with Crippen molar-refractivity contribution in [2.45, 2.75) is 19.4 Å². The topological polar surface area (TPSA) is 78.5 Å². The summed E-state index contributed by atoms with van der Waals surface area (Å²) in [5.41, 5.74) is 2.31. The van der Waals surface area contributed by atoms with E-state index in [1.54, 1.807) is 0 Å². The number of sulfonamides is 1. The number of carbonyl (C=O) groups excluding carboxylic acids is 1. The van der Waals surface area contributed by atoms with Gasteiger partial charge in [-0.15, -0.1) is 0 Å². The fraction of sp³-hybridized carbons (Fsp3) is 0.533. The van der Waals surface area contributed by atoms with Crippen molar-refractivity contribution in [3.63, 3.8) is 0 Å². The molecular formula is C15H25N3O3S. The van der Waals surface area contributed by atoms with Gasteiger partial charge in [0.25, 0.3) is 0 Å². The number of amides is 1. The lowest BCUT2D eigenvalue weighted by molar-refractivity contribution is -0.121. The van der Waals surface area contributed by atoms with E-state index in [2.05, 4.69) is 16.1 Å². The van der Waals surface area contributed by atoms with Crippen molar-refractivity contribution in [2.24, 2.45) is 0 Å². The van der Waals surface area contributed by atoms with Gasteiger partial charge < -0.3 is 10.2 Å². The minimum absolute atomic E-state index is 0.0757. The highest BCUT2D eigenvalue weighted by Gasteiger charge is 2.15. The van der Waals surface area contributed by atoms with Crippen molar-refractivity contribution < 1.29 is 13.2 Å². The molecule has 1 aromatic carbocycles. The highest BCUT2D eigenvalue weighted by Crippen LogP contribution is 2.18. The van der Waals surface area contributed by atoms with Crippen LogP contribution in [0.15, 0.2) is 24.3 Å². The molecule has 0 aliphatic heterocycles. The maximum atomic E-state index is 11.8. The smallest absolute Gasteiger partial charge is 0.221 e. The Hall–Kier alpha value is -1.44. The molecule has 0 aromatic heterocycles. The number of benzene rings is 1. The molecule has 2 N–H and O–H groups in total. The Kier molecular flexibility index (Phi) is 6.99. The molecule has 0 saturated heterocycles. The van der Waals surface area contributed by atoms with Crippen molar-refractivity contribution in [1.82, 2.24) is 14.9 Å². The van der Waals surface area contributed by atoms with Crippen LogP contribution >= 0.6 is 0 Å². The van der Waals surface area contributed by atoms with E-state index in [0.29, 0.717) is 6.54 Å². The lowest BCUT2D eigenvalue weighted by atomic mass is 10.0. The molecule has 7 heteroatoms. The molecular weight excluding hydrogens is 302 g/mol. The quantitative estimate of drug-likeness (QED) is 0.735. The molecule has 124 valence electrons. The van der Waals surface area contributed by atoms with Crippen LogP contribution in [0.2, 0.25) is 0 Å². The molecule has 0 unspecified atom stereocenters. The zero-order valence-corrected chi connectivity index (χ0v) is 14.4. The number of nitrogens with one attached hydrogen (secondary N) is 2. The number of carbonyl (C=O) groups is 1. The molecule has 1 aromatic rings. The van der Waals surface area contributed by atoms with E-state index in [1.165, 1.54) is 5.56 Å². The van der Waals surface area contributed by atoms with E-state index >= 15 is 0 Å².